The molecule has 24 heavy (non-hydrogen) atoms. The van der Waals surface area contributed by atoms with E-state index < -0.39 is 40.7 Å². The second-order valence-electron chi connectivity index (χ2n) is 8.87. The summed E-state index contributed by atoms with van der Waals surface area (Å²) >= 11 is 0. The number of aliphatic hydroxyl groups is 2. The minimum Gasteiger partial charge on any atom is -0.512 e. The molecule has 0 aromatic rings. The molecule has 2 fully saturated rings. The number of aliphatic hydroxyl groups excluding tert-OH is 2. The number of alkyl halides is 2. The van der Waals surface area contributed by atoms with Crippen molar-refractivity contribution in [2.75, 3.05) is 0 Å². The molecule has 0 aromatic heterocycles. The average molecular weight is 339 g/mol. The smallest absolute Gasteiger partial charge is 0.130 e. The molecule has 0 bridgehead atoms. The molecule has 9 atom stereocenters. The molecule has 0 spiro atoms. The van der Waals surface area contributed by atoms with Gasteiger partial charge >= 0.3 is 0 Å². The first-order chi connectivity index (χ1) is 11.1. The number of nitrogens with two attached hydrogens (primary N) is 1. The molecule has 5 heteroatoms. The van der Waals surface area contributed by atoms with Gasteiger partial charge in [0.15, 0.2) is 0 Å². The van der Waals surface area contributed by atoms with Crippen LogP contribution in [0.1, 0.15) is 39.5 Å². The molecule has 0 radical (unpaired) electrons. The summed E-state index contributed by atoms with van der Waals surface area (Å²) in [5.41, 5.74) is 3.20. The Morgan fingerprint density at radius 2 is 1.96 bits per heavy atom. The molecule has 4 rings (SSSR count). The molecule has 2 saturated carbocycles. The molecular formula is C19H27F2NO2. The van der Waals surface area contributed by atoms with Crippen LogP contribution in [0, 0.1) is 28.6 Å². The Balaban J connectivity index is 1.83. The highest BCUT2D eigenvalue weighted by Gasteiger charge is 2.69. The van der Waals surface area contributed by atoms with Crippen molar-refractivity contribution in [3.05, 3.63) is 24.0 Å². The van der Waals surface area contributed by atoms with Crippen LogP contribution in [-0.2, 0) is 0 Å². The highest BCUT2D eigenvalue weighted by molar-refractivity contribution is 5.33. The van der Waals surface area contributed by atoms with Crippen molar-refractivity contribution in [3.63, 3.8) is 0 Å². The zero-order valence-electron chi connectivity index (χ0n) is 14.3. The fourth-order valence-electron chi connectivity index (χ4n) is 6.17. The van der Waals surface area contributed by atoms with Gasteiger partial charge in [0.05, 0.1) is 17.8 Å². The van der Waals surface area contributed by atoms with Crippen LogP contribution in [0.5, 0.6) is 0 Å². The molecule has 0 saturated heterocycles. The third-order valence-corrected chi connectivity index (χ3v) is 7.92. The molecule has 0 heterocycles. The number of hydrogen-bond donors (Lipinski definition) is 3. The summed E-state index contributed by atoms with van der Waals surface area (Å²) in [6.07, 6.45) is 4.79. The minimum absolute atomic E-state index is 0.0275. The van der Waals surface area contributed by atoms with Gasteiger partial charge in [0.2, 0.25) is 0 Å². The highest BCUT2D eigenvalue weighted by Crippen LogP contribution is 2.67. The third-order valence-electron chi connectivity index (χ3n) is 7.92. The van der Waals surface area contributed by atoms with E-state index in [9.17, 15) is 14.6 Å². The molecule has 4 N–H and O–H groups in total. The van der Waals surface area contributed by atoms with E-state index in [1.54, 1.807) is 18.2 Å². The lowest BCUT2D eigenvalue weighted by atomic mass is 9.46. The highest BCUT2D eigenvalue weighted by atomic mass is 19.1. The van der Waals surface area contributed by atoms with Crippen molar-refractivity contribution in [1.29, 1.82) is 0 Å². The Morgan fingerprint density at radius 3 is 2.67 bits per heavy atom. The van der Waals surface area contributed by atoms with Crippen molar-refractivity contribution in [2.24, 2.45) is 34.3 Å². The Bertz CT molecular complexity index is 622. The summed E-state index contributed by atoms with van der Waals surface area (Å²) in [6.45, 7) is 3.82. The molecule has 0 aromatic carbocycles. The van der Waals surface area contributed by atoms with Gasteiger partial charge in [-0.05, 0) is 49.0 Å². The van der Waals surface area contributed by atoms with Crippen LogP contribution in [-0.4, -0.2) is 34.2 Å². The lowest BCUT2D eigenvalue weighted by Crippen LogP contribution is -2.63. The topological polar surface area (TPSA) is 66.5 Å². The van der Waals surface area contributed by atoms with Crippen molar-refractivity contribution in [3.8, 4) is 0 Å². The zero-order valence-corrected chi connectivity index (χ0v) is 14.3. The number of fused-ring (bicyclic) bond motifs is 5. The Hall–Kier alpha value is -0.940. The van der Waals surface area contributed by atoms with Crippen LogP contribution < -0.4 is 5.73 Å². The van der Waals surface area contributed by atoms with E-state index in [0.717, 1.165) is 0 Å². The number of allylic oxidation sites excluding steroid dienone is 3. The number of hydrogen-bond acceptors (Lipinski definition) is 3. The minimum atomic E-state index is -1.64. The van der Waals surface area contributed by atoms with Gasteiger partial charge in [0, 0.05) is 11.5 Å². The Labute approximate surface area is 141 Å². The normalized spacial score (nSPS) is 59.3. The van der Waals surface area contributed by atoms with Crippen molar-refractivity contribution < 1.29 is 19.0 Å². The second-order valence-corrected chi connectivity index (χ2v) is 8.87. The summed E-state index contributed by atoms with van der Waals surface area (Å²) in [4.78, 5) is 0. The van der Waals surface area contributed by atoms with Crippen molar-refractivity contribution in [1.82, 2.24) is 0 Å². The zero-order chi connectivity index (χ0) is 17.5. The Morgan fingerprint density at radius 1 is 1.25 bits per heavy atom. The maximum Gasteiger partial charge on any atom is 0.130 e. The summed E-state index contributed by atoms with van der Waals surface area (Å²) in [5, 5.41) is 20.6. The van der Waals surface area contributed by atoms with E-state index >= 15 is 4.39 Å². The van der Waals surface area contributed by atoms with Crippen LogP contribution in [0.15, 0.2) is 24.0 Å². The molecule has 0 amide bonds. The third kappa shape index (κ3) is 1.78. The van der Waals surface area contributed by atoms with E-state index in [2.05, 4.69) is 0 Å². The van der Waals surface area contributed by atoms with E-state index in [4.69, 9.17) is 5.73 Å². The monoisotopic (exact) mass is 339 g/mol. The largest absolute Gasteiger partial charge is 0.512 e. The first-order valence-corrected chi connectivity index (χ1v) is 9.00. The first-order valence-electron chi connectivity index (χ1n) is 9.00. The number of rotatable bonds is 0. The average Bonchev–Trinajstić information content (AvgIpc) is 2.74. The predicted molar refractivity (Wildman–Crippen MR) is 87.7 cm³/mol. The predicted octanol–water partition coefficient (Wildman–Crippen LogP) is 3.20. The van der Waals surface area contributed by atoms with Crippen LogP contribution in [0.4, 0.5) is 8.78 Å². The quantitative estimate of drug-likeness (QED) is 0.594. The van der Waals surface area contributed by atoms with E-state index in [1.807, 2.05) is 13.8 Å². The van der Waals surface area contributed by atoms with Crippen LogP contribution >= 0.6 is 0 Å². The lowest BCUT2D eigenvalue weighted by Gasteiger charge is -2.60. The van der Waals surface area contributed by atoms with Gasteiger partial charge in [0.1, 0.15) is 11.8 Å². The van der Waals surface area contributed by atoms with Gasteiger partial charge in [-0.1, -0.05) is 26.0 Å². The van der Waals surface area contributed by atoms with Crippen LogP contribution in [0.2, 0.25) is 0 Å². The van der Waals surface area contributed by atoms with E-state index in [0.29, 0.717) is 12.8 Å². The molecular weight excluding hydrogens is 312 g/mol. The Kier molecular flexibility index (Phi) is 3.32. The van der Waals surface area contributed by atoms with Crippen molar-refractivity contribution >= 4 is 0 Å². The van der Waals surface area contributed by atoms with Gasteiger partial charge in [-0.2, -0.15) is 0 Å². The van der Waals surface area contributed by atoms with Crippen LogP contribution in [0.25, 0.3) is 0 Å². The molecule has 4 aliphatic rings. The summed E-state index contributed by atoms with van der Waals surface area (Å²) < 4.78 is 30.8. The second kappa shape index (κ2) is 4.82. The summed E-state index contributed by atoms with van der Waals surface area (Å²) in [7, 11) is 0. The maximum absolute atomic E-state index is 16.5. The van der Waals surface area contributed by atoms with Crippen molar-refractivity contribution in [2.45, 2.75) is 63.5 Å². The molecule has 3 nitrogen and oxygen atoms in total. The fourth-order valence-corrected chi connectivity index (χ4v) is 6.17. The number of halogens is 2. The van der Waals surface area contributed by atoms with Gasteiger partial charge in [-0.15, -0.1) is 0 Å². The maximum atomic E-state index is 16.5. The lowest BCUT2D eigenvalue weighted by molar-refractivity contribution is -0.140. The summed E-state index contributed by atoms with van der Waals surface area (Å²) in [5.74, 6) is -1.24. The van der Waals surface area contributed by atoms with Gasteiger partial charge in [-0.3, -0.25) is 0 Å². The van der Waals surface area contributed by atoms with E-state index in [-0.39, 0.29) is 30.4 Å². The molecule has 4 unspecified atom stereocenters. The summed E-state index contributed by atoms with van der Waals surface area (Å²) in [6, 6.07) is -0.603. The fraction of sp³-hybridized carbons (Fsp3) is 0.789. The van der Waals surface area contributed by atoms with Gasteiger partial charge in [0.25, 0.3) is 0 Å². The molecule has 4 aliphatic carbocycles. The molecule has 134 valence electrons. The SMILES string of the molecule is C[C@]12C=CC(O)CC1C=C(O)[C@H]1[C@@H]3CC(F)C(N)[C@@]3(C)CC[C@]12F. The van der Waals surface area contributed by atoms with E-state index in [1.165, 1.54) is 0 Å². The first kappa shape index (κ1) is 16.5. The van der Waals surface area contributed by atoms with Gasteiger partial charge < -0.3 is 15.9 Å². The van der Waals surface area contributed by atoms with Gasteiger partial charge in [-0.25, -0.2) is 8.78 Å². The van der Waals surface area contributed by atoms with Crippen LogP contribution in [0.3, 0.4) is 0 Å². The molecule has 0 aliphatic heterocycles. The standard InChI is InChI=1S/C19H27F2NO2/c1-17-5-6-19(21)15(12(17)9-13(20)16(17)22)14(24)8-10-7-11(23)3-4-18(10,19)2/h3-4,8,10-13,15-16,23-24H,5-7,9,22H2,1-2H3/t10?,11?,12-,13?,15+,16?,17-,18-,19-/m0/s1.